The van der Waals surface area contributed by atoms with Crippen LogP contribution >= 0.6 is 15.9 Å². The minimum absolute atomic E-state index is 0.195. The molecule has 0 fully saturated rings. The Morgan fingerprint density at radius 2 is 1.79 bits per heavy atom. The van der Waals surface area contributed by atoms with Crippen molar-refractivity contribution in [2.75, 3.05) is 20.3 Å². The third-order valence-corrected chi connectivity index (χ3v) is 3.02. The zero-order valence-electron chi connectivity index (χ0n) is 11.3. The highest BCUT2D eigenvalue weighted by Gasteiger charge is 2.13. The molecule has 0 aliphatic carbocycles. The van der Waals surface area contributed by atoms with Gasteiger partial charge in [-0.25, -0.2) is 5.48 Å². The zero-order chi connectivity index (χ0) is 14.3. The van der Waals surface area contributed by atoms with Crippen LogP contribution in [0.1, 0.15) is 19.4 Å². The molecule has 0 atom stereocenters. The number of nitrogens with one attached hydrogen (secondary N) is 1. The van der Waals surface area contributed by atoms with E-state index < -0.39 is 0 Å². The lowest BCUT2D eigenvalue weighted by molar-refractivity contribution is -0.130. The van der Waals surface area contributed by atoms with Crippen LogP contribution in [-0.2, 0) is 16.1 Å². The smallest absolute Gasteiger partial charge is 0.247 e. The first-order valence-electron chi connectivity index (χ1n) is 6.02. The minimum Gasteiger partial charge on any atom is -0.490 e. The maximum absolute atomic E-state index is 11.5. The van der Waals surface area contributed by atoms with Gasteiger partial charge in [-0.2, -0.15) is 0 Å². The van der Waals surface area contributed by atoms with Gasteiger partial charge in [-0.15, -0.1) is 0 Å². The van der Waals surface area contributed by atoms with Crippen molar-refractivity contribution in [1.82, 2.24) is 5.48 Å². The van der Waals surface area contributed by atoms with E-state index in [0.29, 0.717) is 24.7 Å². The van der Waals surface area contributed by atoms with Gasteiger partial charge in [0.25, 0.3) is 0 Å². The summed E-state index contributed by atoms with van der Waals surface area (Å²) in [5, 5.41) is 0. The lowest BCUT2D eigenvalue weighted by atomic mass is 10.1. The lowest BCUT2D eigenvalue weighted by Crippen LogP contribution is -2.23. The van der Waals surface area contributed by atoms with Crippen molar-refractivity contribution in [3.63, 3.8) is 0 Å². The molecule has 6 heteroatoms. The molecule has 0 radical (unpaired) electrons. The highest BCUT2D eigenvalue weighted by molar-refractivity contribution is 9.10. The molecule has 0 bridgehead atoms. The first-order chi connectivity index (χ1) is 9.12. The van der Waals surface area contributed by atoms with E-state index in [9.17, 15) is 4.79 Å². The second-order valence-corrected chi connectivity index (χ2v) is 4.52. The maximum Gasteiger partial charge on any atom is 0.247 e. The number of rotatable bonds is 7. The number of benzene rings is 1. The van der Waals surface area contributed by atoms with Crippen molar-refractivity contribution < 1.29 is 19.1 Å². The summed E-state index contributed by atoms with van der Waals surface area (Å²) in [4.78, 5) is 16.1. The Hall–Kier alpha value is -1.27. The molecule has 1 aromatic rings. The number of halogens is 1. The fraction of sp³-hybridized carbons (Fsp3) is 0.462. The van der Waals surface area contributed by atoms with Crippen molar-refractivity contribution in [1.29, 1.82) is 0 Å². The Balaban J connectivity index is 2.98. The normalized spacial score (nSPS) is 10.1. The topological polar surface area (TPSA) is 56.8 Å². The van der Waals surface area contributed by atoms with Crippen molar-refractivity contribution in [3.05, 3.63) is 22.2 Å². The first-order valence-corrected chi connectivity index (χ1v) is 6.81. The molecular weight excluding hydrogens is 314 g/mol. The fourth-order valence-corrected chi connectivity index (χ4v) is 2.03. The fourth-order valence-electron chi connectivity index (χ4n) is 1.57. The lowest BCUT2D eigenvalue weighted by Gasteiger charge is -2.14. The van der Waals surface area contributed by atoms with Crippen LogP contribution in [0.5, 0.6) is 11.5 Å². The van der Waals surface area contributed by atoms with Gasteiger partial charge in [0.05, 0.1) is 26.7 Å². The summed E-state index contributed by atoms with van der Waals surface area (Å²) in [6.45, 7) is 4.89. The molecular formula is C13H18BrNO4. The molecule has 0 saturated carbocycles. The van der Waals surface area contributed by atoms with Gasteiger partial charge in [0.1, 0.15) is 0 Å². The minimum atomic E-state index is -0.227. The van der Waals surface area contributed by atoms with Crippen molar-refractivity contribution in [2.24, 2.45) is 0 Å². The van der Waals surface area contributed by atoms with E-state index in [-0.39, 0.29) is 12.3 Å². The van der Waals surface area contributed by atoms with E-state index in [0.717, 1.165) is 10.0 Å². The average molecular weight is 332 g/mol. The van der Waals surface area contributed by atoms with Crippen molar-refractivity contribution in [3.8, 4) is 11.5 Å². The highest BCUT2D eigenvalue weighted by Crippen LogP contribution is 2.34. The number of ether oxygens (including phenoxy) is 2. The molecule has 1 rings (SSSR count). The van der Waals surface area contributed by atoms with Gasteiger partial charge in [-0.3, -0.25) is 9.63 Å². The quantitative estimate of drug-likeness (QED) is 0.780. The van der Waals surface area contributed by atoms with Gasteiger partial charge in [-0.05, 0) is 31.5 Å². The van der Waals surface area contributed by atoms with Gasteiger partial charge in [0.15, 0.2) is 11.5 Å². The van der Waals surface area contributed by atoms with Crippen LogP contribution in [0.25, 0.3) is 0 Å². The van der Waals surface area contributed by atoms with Gasteiger partial charge in [0, 0.05) is 4.47 Å². The second kappa shape index (κ2) is 8.01. The second-order valence-electron chi connectivity index (χ2n) is 3.66. The molecule has 19 heavy (non-hydrogen) atoms. The Morgan fingerprint density at radius 1 is 1.21 bits per heavy atom. The number of hydrogen-bond donors (Lipinski definition) is 1. The molecule has 0 aliphatic heterocycles. The van der Waals surface area contributed by atoms with Gasteiger partial charge < -0.3 is 9.47 Å². The average Bonchev–Trinajstić information content (AvgIpc) is 2.35. The SMILES string of the molecule is CCOc1cc(Br)c(CC(=O)NOC)cc1OCC. The number of hydroxylamine groups is 1. The number of carbonyl (C=O) groups is 1. The van der Waals surface area contributed by atoms with E-state index in [1.807, 2.05) is 19.9 Å². The van der Waals surface area contributed by atoms with Crippen LogP contribution in [0.2, 0.25) is 0 Å². The van der Waals surface area contributed by atoms with E-state index in [1.165, 1.54) is 7.11 Å². The summed E-state index contributed by atoms with van der Waals surface area (Å²) in [5.41, 5.74) is 3.09. The van der Waals surface area contributed by atoms with Gasteiger partial charge in [0.2, 0.25) is 5.91 Å². The standard InChI is InChI=1S/C13H18BrNO4/c1-4-18-11-6-9(7-13(16)15-17-3)10(14)8-12(11)19-5-2/h6,8H,4-5,7H2,1-3H3,(H,15,16). The van der Waals surface area contributed by atoms with Crippen LogP contribution < -0.4 is 15.0 Å². The molecule has 0 aromatic heterocycles. The van der Waals surface area contributed by atoms with Crippen LogP contribution in [0, 0.1) is 0 Å². The van der Waals surface area contributed by atoms with E-state index in [4.69, 9.17) is 9.47 Å². The number of amides is 1. The van der Waals surface area contributed by atoms with E-state index in [1.54, 1.807) is 6.07 Å². The van der Waals surface area contributed by atoms with Crippen LogP contribution in [0.4, 0.5) is 0 Å². The van der Waals surface area contributed by atoms with Crippen LogP contribution in [0.3, 0.4) is 0 Å². The third-order valence-electron chi connectivity index (χ3n) is 2.28. The number of hydrogen-bond acceptors (Lipinski definition) is 4. The Morgan fingerprint density at radius 3 is 2.32 bits per heavy atom. The first kappa shape index (κ1) is 15.8. The molecule has 0 saturated heterocycles. The molecule has 0 aliphatic rings. The summed E-state index contributed by atoms with van der Waals surface area (Å²) in [5.74, 6) is 1.06. The molecule has 1 aromatic carbocycles. The van der Waals surface area contributed by atoms with Crippen LogP contribution in [-0.4, -0.2) is 26.2 Å². The Labute approximate surface area is 121 Å². The predicted octanol–water partition coefficient (Wildman–Crippen LogP) is 2.47. The third kappa shape index (κ3) is 4.72. The maximum atomic E-state index is 11.5. The Kier molecular flexibility index (Phi) is 6.66. The Bertz CT molecular complexity index is 437. The monoisotopic (exact) mass is 331 g/mol. The molecule has 1 N–H and O–H groups in total. The molecule has 106 valence electrons. The highest BCUT2D eigenvalue weighted by atomic mass is 79.9. The molecule has 1 amide bonds. The van der Waals surface area contributed by atoms with Crippen molar-refractivity contribution >= 4 is 21.8 Å². The number of carbonyl (C=O) groups excluding carboxylic acids is 1. The predicted molar refractivity (Wildman–Crippen MR) is 75.3 cm³/mol. The van der Waals surface area contributed by atoms with Crippen molar-refractivity contribution in [2.45, 2.75) is 20.3 Å². The summed E-state index contributed by atoms with van der Waals surface area (Å²) in [6, 6.07) is 3.61. The molecule has 5 nitrogen and oxygen atoms in total. The van der Waals surface area contributed by atoms with Crippen LogP contribution in [0.15, 0.2) is 16.6 Å². The summed E-state index contributed by atoms with van der Waals surface area (Å²) >= 11 is 3.43. The molecule has 0 unspecified atom stereocenters. The van der Waals surface area contributed by atoms with E-state index >= 15 is 0 Å². The summed E-state index contributed by atoms with van der Waals surface area (Å²) in [7, 11) is 1.40. The summed E-state index contributed by atoms with van der Waals surface area (Å²) < 4.78 is 11.8. The van der Waals surface area contributed by atoms with E-state index in [2.05, 4.69) is 26.2 Å². The van der Waals surface area contributed by atoms with Gasteiger partial charge in [-0.1, -0.05) is 15.9 Å². The molecule has 0 spiro atoms. The largest absolute Gasteiger partial charge is 0.490 e. The summed E-state index contributed by atoms with van der Waals surface area (Å²) in [6.07, 6.45) is 0.195. The van der Waals surface area contributed by atoms with Gasteiger partial charge >= 0.3 is 0 Å². The zero-order valence-corrected chi connectivity index (χ0v) is 12.9. The molecule has 0 heterocycles.